The van der Waals surface area contributed by atoms with E-state index >= 15 is 0 Å². The number of piperidine rings is 1. The summed E-state index contributed by atoms with van der Waals surface area (Å²) in [4.78, 5) is 14.2. The number of nitrogens with two attached hydrogens (primary N) is 1. The summed E-state index contributed by atoms with van der Waals surface area (Å²) >= 11 is 3.41. The van der Waals surface area contributed by atoms with Crippen molar-refractivity contribution in [2.75, 3.05) is 13.2 Å². The van der Waals surface area contributed by atoms with E-state index in [4.69, 9.17) is 10.5 Å². The molecule has 0 saturated carbocycles. The number of carbonyl (C=O) groups is 1. The van der Waals surface area contributed by atoms with E-state index in [2.05, 4.69) is 22.9 Å². The van der Waals surface area contributed by atoms with Crippen LogP contribution in [0.15, 0.2) is 28.7 Å². The van der Waals surface area contributed by atoms with Gasteiger partial charge in [0.2, 0.25) is 5.91 Å². The molecular weight excluding hydrogens is 332 g/mol. The van der Waals surface area contributed by atoms with Gasteiger partial charge in [-0.15, -0.1) is 0 Å². The molecule has 116 valence electrons. The summed E-state index contributed by atoms with van der Waals surface area (Å²) in [5, 5.41) is 0. The van der Waals surface area contributed by atoms with Crippen molar-refractivity contribution in [2.45, 2.75) is 44.7 Å². The van der Waals surface area contributed by atoms with E-state index in [0.29, 0.717) is 13.0 Å². The third-order valence-corrected chi connectivity index (χ3v) is 4.33. The average molecular weight is 355 g/mol. The molecule has 2 rings (SSSR count). The lowest BCUT2D eigenvalue weighted by molar-refractivity contribution is -0.134. The van der Waals surface area contributed by atoms with Gasteiger partial charge in [0.15, 0.2) is 0 Å². The summed E-state index contributed by atoms with van der Waals surface area (Å²) in [5.41, 5.74) is 5.92. The highest BCUT2D eigenvalue weighted by molar-refractivity contribution is 9.10. The summed E-state index contributed by atoms with van der Waals surface area (Å²) in [6.07, 6.45) is 3.08. The smallest absolute Gasteiger partial charge is 0.222 e. The third kappa shape index (κ3) is 5.00. The molecule has 0 aromatic heterocycles. The molecule has 0 aliphatic carbocycles. The molecule has 5 heteroatoms. The number of carbonyl (C=O) groups excluding carboxylic acids is 1. The van der Waals surface area contributed by atoms with Gasteiger partial charge in [0.05, 0.1) is 6.61 Å². The molecule has 1 saturated heterocycles. The first-order chi connectivity index (χ1) is 10.1. The Morgan fingerprint density at radius 2 is 2.33 bits per heavy atom. The molecule has 2 N–H and O–H groups in total. The van der Waals surface area contributed by atoms with Crippen molar-refractivity contribution in [2.24, 2.45) is 5.73 Å². The SMILES string of the molecule is CC1CC(N)CCN1C(=O)CCCOc1cccc(Br)c1. The van der Waals surface area contributed by atoms with Gasteiger partial charge in [0, 0.05) is 29.5 Å². The predicted octanol–water partition coefficient (Wildman–Crippen LogP) is 2.95. The van der Waals surface area contributed by atoms with Gasteiger partial charge in [0.25, 0.3) is 0 Å². The van der Waals surface area contributed by atoms with Crippen molar-refractivity contribution in [1.29, 1.82) is 0 Å². The van der Waals surface area contributed by atoms with Gasteiger partial charge < -0.3 is 15.4 Å². The second-order valence-corrected chi connectivity index (χ2v) is 6.55. The van der Waals surface area contributed by atoms with Gasteiger partial charge in [-0.2, -0.15) is 0 Å². The van der Waals surface area contributed by atoms with E-state index in [9.17, 15) is 4.79 Å². The van der Waals surface area contributed by atoms with Crippen LogP contribution in [0.25, 0.3) is 0 Å². The molecule has 1 heterocycles. The summed E-state index contributed by atoms with van der Waals surface area (Å²) in [5.74, 6) is 1.04. The van der Waals surface area contributed by atoms with Crippen LogP contribution >= 0.6 is 15.9 Å². The highest BCUT2D eigenvalue weighted by atomic mass is 79.9. The largest absolute Gasteiger partial charge is 0.494 e. The van der Waals surface area contributed by atoms with E-state index in [-0.39, 0.29) is 18.0 Å². The lowest BCUT2D eigenvalue weighted by atomic mass is 9.98. The minimum absolute atomic E-state index is 0.215. The number of benzene rings is 1. The molecule has 21 heavy (non-hydrogen) atoms. The zero-order valence-electron chi connectivity index (χ0n) is 12.4. The van der Waals surface area contributed by atoms with Crippen LogP contribution in [-0.4, -0.2) is 36.0 Å². The molecule has 1 amide bonds. The Labute approximate surface area is 134 Å². The fourth-order valence-corrected chi connectivity index (χ4v) is 3.07. The van der Waals surface area contributed by atoms with Gasteiger partial charge in [-0.25, -0.2) is 0 Å². The quantitative estimate of drug-likeness (QED) is 0.827. The van der Waals surface area contributed by atoms with Crippen LogP contribution in [-0.2, 0) is 4.79 Å². The van der Waals surface area contributed by atoms with Crippen LogP contribution in [0.5, 0.6) is 5.75 Å². The molecule has 1 fully saturated rings. The molecule has 0 radical (unpaired) electrons. The van der Waals surface area contributed by atoms with Crippen LogP contribution in [0.2, 0.25) is 0 Å². The van der Waals surface area contributed by atoms with Gasteiger partial charge in [-0.3, -0.25) is 4.79 Å². The first-order valence-electron chi connectivity index (χ1n) is 7.49. The van der Waals surface area contributed by atoms with Gasteiger partial charge in [0.1, 0.15) is 5.75 Å². The number of hydrogen-bond acceptors (Lipinski definition) is 3. The number of amides is 1. The van der Waals surface area contributed by atoms with Gasteiger partial charge >= 0.3 is 0 Å². The number of nitrogens with zero attached hydrogens (tertiary/aromatic N) is 1. The molecule has 2 atom stereocenters. The summed E-state index contributed by atoms with van der Waals surface area (Å²) in [6.45, 7) is 3.42. The minimum atomic E-state index is 0.215. The Balaban J connectivity index is 1.70. The molecule has 1 aliphatic heterocycles. The van der Waals surface area contributed by atoms with Crippen LogP contribution in [0, 0.1) is 0 Å². The monoisotopic (exact) mass is 354 g/mol. The highest BCUT2D eigenvalue weighted by Gasteiger charge is 2.26. The van der Waals surface area contributed by atoms with Crippen LogP contribution in [0.4, 0.5) is 0 Å². The van der Waals surface area contributed by atoms with Crippen LogP contribution < -0.4 is 10.5 Å². The first kappa shape index (κ1) is 16.3. The maximum absolute atomic E-state index is 12.2. The zero-order valence-corrected chi connectivity index (χ0v) is 14.0. The summed E-state index contributed by atoms with van der Waals surface area (Å²) in [6, 6.07) is 8.23. The molecule has 1 aromatic carbocycles. The number of hydrogen-bond donors (Lipinski definition) is 1. The Morgan fingerprint density at radius 3 is 3.05 bits per heavy atom. The second kappa shape index (κ2) is 7.80. The fourth-order valence-electron chi connectivity index (χ4n) is 2.69. The van der Waals surface area contributed by atoms with E-state index in [1.165, 1.54) is 0 Å². The van der Waals surface area contributed by atoms with Crippen molar-refractivity contribution in [3.05, 3.63) is 28.7 Å². The summed E-state index contributed by atoms with van der Waals surface area (Å²) in [7, 11) is 0. The normalized spacial score (nSPS) is 22.1. The molecular formula is C16H23BrN2O2. The standard InChI is InChI=1S/C16H23BrN2O2/c1-12-10-14(18)7-8-19(12)16(20)6-3-9-21-15-5-2-4-13(17)11-15/h2,4-5,11-12,14H,3,6-10,18H2,1H3. The Hall–Kier alpha value is -1.07. The van der Waals surface area contributed by atoms with Crippen LogP contribution in [0.3, 0.4) is 0 Å². The molecule has 1 aromatic rings. The second-order valence-electron chi connectivity index (χ2n) is 5.63. The Morgan fingerprint density at radius 1 is 1.52 bits per heavy atom. The number of likely N-dealkylation sites (tertiary alicyclic amines) is 1. The Kier molecular flexibility index (Phi) is 6.06. The zero-order chi connectivity index (χ0) is 15.2. The first-order valence-corrected chi connectivity index (χ1v) is 8.29. The molecule has 1 aliphatic rings. The third-order valence-electron chi connectivity index (χ3n) is 3.84. The van der Waals surface area contributed by atoms with Gasteiger partial charge in [-0.1, -0.05) is 22.0 Å². The predicted molar refractivity (Wildman–Crippen MR) is 87.3 cm³/mol. The van der Waals surface area contributed by atoms with Crippen molar-refractivity contribution >= 4 is 21.8 Å². The number of rotatable bonds is 5. The minimum Gasteiger partial charge on any atom is -0.494 e. The molecule has 0 bridgehead atoms. The van der Waals surface area contributed by atoms with Crippen molar-refractivity contribution < 1.29 is 9.53 Å². The lowest BCUT2D eigenvalue weighted by Crippen LogP contribution is -2.48. The maximum Gasteiger partial charge on any atom is 0.222 e. The van der Waals surface area contributed by atoms with Crippen LogP contribution in [0.1, 0.15) is 32.6 Å². The lowest BCUT2D eigenvalue weighted by Gasteiger charge is -2.36. The van der Waals surface area contributed by atoms with E-state index in [1.54, 1.807) is 0 Å². The average Bonchev–Trinajstić information content (AvgIpc) is 2.43. The highest BCUT2D eigenvalue weighted by Crippen LogP contribution is 2.19. The van der Waals surface area contributed by atoms with Crippen molar-refractivity contribution in [1.82, 2.24) is 4.90 Å². The van der Waals surface area contributed by atoms with E-state index in [1.807, 2.05) is 29.2 Å². The Bertz CT molecular complexity index is 481. The number of halogens is 1. The topological polar surface area (TPSA) is 55.6 Å². The van der Waals surface area contributed by atoms with Crippen molar-refractivity contribution in [3.8, 4) is 5.75 Å². The van der Waals surface area contributed by atoms with E-state index in [0.717, 1.165) is 36.0 Å². The molecule has 4 nitrogen and oxygen atoms in total. The van der Waals surface area contributed by atoms with E-state index < -0.39 is 0 Å². The fraction of sp³-hybridized carbons (Fsp3) is 0.562. The summed E-state index contributed by atoms with van der Waals surface area (Å²) < 4.78 is 6.64. The molecule has 0 spiro atoms. The van der Waals surface area contributed by atoms with Gasteiger partial charge in [-0.05, 0) is 44.4 Å². The maximum atomic E-state index is 12.2. The number of ether oxygens (including phenoxy) is 1. The molecule has 2 unspecified atom stereocenters. The van der Waals surface area contributed by atoms with Crippen molar-refractivity contribution in [3.63, 3.8) is 0 Å².